The summed E-state index contributed by atoms with van der Waals surface area (Å²) >= 11 is 0. The van der Waals surface area contributed by atoms with E-state index < -0.39 is 5.97 Å². The lowest BCUT2D eigenvalue weighted by molar-refractivity contribution is -0.132. The molecular weight excluding hydrogens is 336 g/mol. The number of oxime groups is 2. The lowest BCUT2D eigenvalue weighted by atomic mass is 9.99. The number of aryl methyl sites for hydroxylation is 2. The standard InChI is InChI=1S/C18H22N4O4/c1-12-7-6-8-15(17(21-25-5)18(23)24-4)16(12)11-26-20-13(2)14-9-19-22(3)10-14/h6-10H,11H2,1-5H3/b20-13+,21-17+. The normalized spacial score (nSPS) is 12.0. The first-order valence-electron chi connectivity index (χ1n) is 7.91. The molecule has 0 unspecified atom stereocenters. The molecule has 0 saturated carbocycles. The third kappa shape index (κ3) is 4.47. The van der Waals surface area contributed by atoms with Crippen molar-refractivity contribution >= 4 is 17.4 Å². The summed E-state index contributed by atoms with van der Waals surface area (Å²) < 4.78 is 6.48. The summed E-state index contributed by atoms with van der Waals surface area (Å²) in [7, 11) is 4.50. The highest BCUT2D eigenvalue weighted by Crippen LogP contribution is 2.18. The smallest absolute Gasteiger partial charge is 0.360 e. The number of hydrogen-bond acceptors (Lipinski definition) is 7. The molecule has 138 valence electrons. The van der Waals surface area contributed by atoms with Gasteiger partial charge in [-0.15, -0.1) is 0 Å². The van der Waals surface area contributed by atoms with Gasteiger partial charge in [-0.1, -0.05) is 28.5 Å². The maximum Gasteiger partial charge on any atom is 0.360 e. The number of hydrogen-bond donors (Lipinski definition) is 0. The van der Waals surface area contributed by atoms with Crippen LogP contribution in [0, 0.1) is 6.92 Å². The maximum absolute atomic E-state index is 12.0. The van der Waals surface area contributed by atoms with Gasteiger partial charge in [0.1, 0.15) is 13.7 Å². The molecule has 0 spiro atoms. The van der Waals surface area contributed by atoms with Crippen LogP contribution in [-0.4, -0.2) is 41.4 Å². The minimum Gasteiger partial charge on any atom is -0.464 e. The monoisotopic (exact) mass is 358 g/mol. The maximum atomic E-state index is 12.0. The second kappa shape index (κ2) is 8.80. The van der Waals surface area contributed by atoms with E-state index in [4.69, 9.17) is 14.4 Å². The molecule has 0 N–H and O–H groups in total. The topological polar surface area (TPSA) is 87.3 Å². The van der Waals surface area contributed by atoms with Crippen molar-refractivity contribution < 1.29 is 19.2 Å². The molecule has 0 fully saturated rings. The number of rotatable bonds is 7. The first-order valence-corrected chi connectivity index (χ1v) is 7.91. The lowest BCUT2D eigenvalue weighted by Gasteiger charge is -2.12. The van der Waals surface area contributed by atoms with Crippen molar-refractivity contribution in [1.29, 1.82) is 0 Å². The van der Waals surface area contributed by atoms with Crippen molar-refractivity contribution in [2.75, 3.05) is 14.2 Å². The molecule has 0 saturated heterocycles. The van der Waals surface area contributed by atoms with E-state index in [1.54, 1.807) is 16.9 Å². The predicted molar refractivity (Wildman–Crippen MR) is 96.9 cm³/mol. The van der Waals surface area contributed by atoms with E-state index in [1.165, 1.54) is 14.2 Å². The van der Waals surface area contributed by atoms with Crippen LogP contribution in [-0.2, 0) is 32.9 Å². The zero-order valence-electron chi connectivity index (χ0n) is 15.5. The van der Waals surface area contributed by atoms with Crippen LogP contribution in [0.2, 0.25) is 0 Å². The van der Waals surface area contributed by atoms with Crippen molar-refractivity contribution in [3.05, 3.63) is 52.8 Å². The number of benzene rings is 1. The quantitative estimate of drug-likeness (QED) is 0.430. The van der Waals surface area contributed by atoms with Gasteiger partial charge in [0.25, 0.3) is 0 Å². The van der Waals surface area contributed by atoms with Gasteiger partial charge < -0.3 is 14.4 Å². The predicted octanol–water partition coefficient (Wildman–Crippen LogP) is 2.19. The summed E-state index contributed by atoms with van der Waals surface area (Å²) in [6.07, 6.45) is 3.56. The number of methoxy groups -OCH3 is 1. The van der Waals surface area contributed by atoms with E-state index in [0.717, 1.165) is 16.7 Å². The average molecular weight is 358 g/mol. The molecule has 1 heterocycles. The van der Waals surface area contributed by atoms with Gasteiger partial charge in [-0.2, -0.15) is 5.10 Å². The molecule has 2 aromatic rings. The molecular formula is C18H22N4O4. The van der Waals surface area contributed by atoms with Gasteiger partial charge in [0.2, 0.25) is 0 Å². The highest BCUT2D eigenvalue weighted by atomic mass is 16.6. The van der Waals surface area contributed by atoms with Crippen LogP contribution in [0.3, 0.4) is 0 Å². The molecule has 0 aliphatic heterocycles. The molecule has 26 heavy (non-hydrogen) atoms. The number of esters is 1. The number of nitrogens with zero attached hydrogens (tertiary/aromatic N) is 4. The Kier molecular flexibility index (Phi) is 6.48. The molecule has 0 bridgehead atoms. The molecule has 2 rings (SSSR count). The van der Waals surface area contributed by atoms with E-state index in [-0.39, 0.29) is 12.3 Å². The van der Waals surface area contributed by atoms with Gasteiger partial charge in [0.05, 0.1) is 19.0 Å². The van der Waals surface area contributed by atoms with Crippen LogP contribution in [0.15, 0.2) is 40.9 Å². The van der Waals surface area contributed by atoms with Crippen molar-refractivity contribution in [1.82, 2.24) is 9.78 Å². The molecule has 0 aliphatic carbocycles. The Morgan fingerprint density at radius 2 is 2.04 bits per heavy atom. The fourth-order valence-corrected chi connectivity index (χ4v) is 2.35. The largest absolute Gasteiger partial charge is 0.464 e. The molecule has 0 aliphatic rings. The van der Waals surface area contributed by atoms with Crippen molar-refractivity contribution in [2.24, 2.45) is 17.4 Å². The van der Waals surface area contributed by atoms with Gasteiger partial charge in [0, 0.05) is 29.9 Å². The summed E-state index contributed by atoms with van der Waals surface area (Å²) in [5.74, 6) is -0.589. The number of carbonyl (C=O) groups is 1. The van der Waals surface area contributed by atoms with E-state index in [2.05, 4.69) is 15.4 Å². The molecule has 0 atom stereocenters. The second-order valence-electron chi connectivity index (χ2n) is 5.57. The molecule has 8 heteroatoms. The summed E-state index contributed by atoms with van der Waals surface area (Å²) in [5.41, 5.74) is 3.93. The SMILES string of the molecule is CO/N=C(/C(=O)OC)c1cccc(C)c1CO/N=C(\C)c1cnn(C)c1. The average Bonchev–Trinajstić information content (AvgIpc) is 3.07. The van der Waals surface area contributed by atoms with Crippen LogP contribution in [0.4, 0.5) is 0 Å². The molecule has 1 aromatic carbocycles. The Bertz CT molecular complexity index is 839. The van der Waals surface area contributed by atoms with E-state index in [1.807, 2.05) is 39.2 Å². The highest BCUT2D eigenvalue weighted by molar-refractivity contribution is 6.43. The third-order valence-corrected chi connectivity index (χ3v) is 3.76. The van der Waals surface area contributed by atoms with Crippen LogP contribution in [0.25, 0.3) is 0 Å². The van der Waals surface area contributed by atoms with E-state index >= 15 is 0 Å². The van der Waals surface area contributed by atoms with Gasteiger partial charge in [0.15, 0.2) is 5.71 Å². The highest BCUT2D eigenvalue weighted by Gasteiger charge is 2.20. The number of aromatic nitrogens is 2. The zero-order chi connectivity index (χ0) is 19.1. The number of carbonyl (C=O) groups excluding carboxylic acids is 1. The first-order chi connectivity index (χ1) is 12.5. The fourth-order valence-electron chi connectivity index (χ4n) is 2.35. The first kappa shape index (κ1) is 19.2. The van der Waals surface area contributed by atoms with Gasteiger partial charge in [-0.3, -0.25) is 4.68 Å². The van der Waals surface area contributed by atoms with Crippen molar-refractivity contribution in [2.45, 2.75) is 20.5 Å². The van der Waals surface area contributed by atoms with Gasteiger partial charge in [-0.25, -0.2) is 4.79 Å². The summed E-state index contributed by atoms with van der Waals surface area (Å²) in [5, 5.41) is 12.0. The summed E-state index contributed by atoms with van der Waals surface area (Å²) in [4.78, 5) is 22.3. The van der Waals surface area contributed by atoms with Crippen LogP contribution < -0.4 is 0 Å². The second-order valence-corrected chi connectivity index (χ2v) is 5.57. The minimum absolute atomic E-state index is 0.0743. The van der Waals surface area contributed by atoms with Crippen molar-refractivity contribution in [3.63, 3.8) is 0 Å². The number of ether oxygens (including phenoxy) is 1. The Balaban J connectivity index is 2.26. The molecule has 8 nitrogen and oxygen atoms in total. The Hall–Kier alpha value is -3.16. The minimum atomic E-state index is -0.589. The Morgan fingerprint density at radius 3 is 2.65 bits per heavy atom. The summed E-state index contributed by atoms with van der Waals surface area (Å²) in [6, 6.07) is 5.51. The lowest BCUT2D eigenvalue weighted by Crippen LogP contribution is -2.20. The van der Waals surface area contributed by atoms with Gasteiger partial charge >= 0.3 is 5.97 Å². The molecule has 0 radical (unpaired) electrons. The Morgan fingerprint density at radius 1 is 1.27 bits per heavy atom. The third-order valence-electron chi connectivity index (χ3n) is 3.76. The van der Waals surface area contributed by atoms with Gasteiger partial charge in [-0.05, 0) is 19.4 Å². The zero-order valence-corrected chi connectivity index (χ0v) is 15.5. The van der Waals surface area contributed by atoms with E-state index in [0.29, 0.717) is 11.3 Å². The Labute approximate surface area is 152 Å². The van der Waals surface area contributed by atoms with E-state index in [9.17, 15) is 4.79 Å². The van der Waals surface area contributed by atoms with Crippen molar-refractivity contribution in [3.8, 4) is 0 Å². The van der Waals surface area contributed by atoms with Crippen LogP contribution in [0.1, 0.15) is 29.2 Å². The fraction of sp³-hybridized carbons (Fsp3) is 0.333. The van der Waals surface area contributed by atoms with Crippen LogP contribution in [0.5, 0.6) is 0 Å². The summed E-state index contributed by atoms with van der Waals surface area (Å²) in [6.45, 7) is 3.92. The van der Waals surface area contributed by atoms with Crippen LogP contribution >= 0.6 is 0 Å². The molecule has 0 amide bonds. The molecule has 1 aromatic heterocycles.